The third kappa shape index (κ3) is 4.22. The van der Waals surface area contributed by atoms with Crippen LogP contribution in [0.3, 0.4) is 0 Å². The van der Waals surface area contributed by atoms with Crippen LogP contribution in [0.2, 0.25) is 10.0 Å². The summed E-state index contributed by atoms with van der Waals surface area (Å²) in [6.07, 6.45) is 1.53. The molecule has 0 spiro atoms. The Morgan fingerprint density at radius 1 is 1.19 bits per heavy atom. The predicted octanol–water partition coefficient (Wildman–Crippen LogP) is 4.16. The van der Waals surface area contributed by atoms with E-state index in [4.69, 9.17) is 27.9 Å². The van der Waals surface area contributed by atoms with Crippen molar-refractivity contribution in [2.24, 2.45) is 5.10 Å². The molecule has 3 aromatic rings. The molecule has 2 N–H and O–H groups in total. The fourth-order valence-electron chi connectivity index (χ4n) is 2.19. The number of benzene rings is 2. The van der Waals surface area contributed by atoms with E-state index in [0.717, 1.165) is 11.3 Å². The number of nitrogens with zero attached hydrogens (tertiary/aromatic N) is 2. The summed E-state index contributed by atoms with van der Waals surface area (Å²) in [6, 6.07) is 13.9. The maximum atomic E-state index is 12.2. The van der Waals surface area contributed by atoms with E-state index in [-0.39, 0.29) is 5.69 Å². The van der Waals surface area contributed by atoms with Gasteiger partial charge in [-0.25, -0.2) is 5.43 Å². The summed E-state index contributed by atoms with van der Waals surface area (Å²) in [5.41, 5.74) is 4.66. The standard InChI is InChI=1S/C18H14Cl2N4O2/c1-26-13-5-2-11(3-6-13)10-21-24-18(25)17-9-16(22-23-17)14-8-12(19)4-7-15(14)20/h2-10H,1H3,(H,22,23)(H,24,25)/b21-10+. The average molecular weight is 389 g/mol. The first-order chi connectivity index (χ1) is 12.6. The van der Waals surface area contributed by atoms with Gasteiger partial charge in [0.2, 0.25) is 0 Å². The van der Waals surface area contributed by atoms with Crippen molar-refractivity contribution in [2.45, 2.75) is 0 Å². The Labute approximate surface area is 159 Å². The number of ether oxygens (including phenoxy) is 1. The van der Waals surface area contributed by atoms with E-state index in [0.29, 0.717) is 21.3 Å². The van der Waals surface area contributed by atoms with Gasteiger partial charge in [-0.1, -0.05) is 23.2 Å². The summed E-state index contributed by atoms with van der Waals surface area (Å²) in [7, 11) is 1.60. The number of nitrogens with one attached hydrogen (secondary N) is 2. The SMILES string of the molecule is COc1ccc(/C=N/NC(=O)c2cc(-c3cc(Cl)ccc3Cl)n[nH]2)cc1. The maximum absolute atomic E-state index is 12.2. The van der Waals surface area contributed by atoms with Crippen LogP contribution < -0.4 is 10.2 Å². The summed E-state index contributed by atoms with van der Waals surface area (Å²) >= 11 is 12.1. The van der Waals surface area contributed by atoms with Crippen molar-refractivity contribution in [3.8, 4) is 17.0 Å². The quantitative estimate of drug-likeness (QED) is 0.508. The Morgan fingerprint density at radius 3 is 2.69 bits per heavy atom. The molecule has 0 aliphatic rings. The van der Waals surface area contributed by atoms with E-state index in [2.05, 4.69) is 20.7 Å². The molecule has 1 amide bonds. The van der Waals surface area contributed by atoms with E-state index in [9.17, 15) is 4.79 Å². The van der Waals surface area contributed by atoms with Crippen LogP contribution in [0.15, 0.2) is 53.6 Å². The van der Waals surface area contributed by atoms with Crippen molar-refractivity contribution >= 4 is 35.3 Å². The van der Waals surface area contributed by atoms with Crippen LogP contribution >= 0.6 is 23.2 Å². The van der Waals surface area contributed by atoms with E-state index in [1.54, 1.807) is 43.5 Å². The molecule has 26 heavy (non-hydrogen) atoms. The van der Waals surface area contributed by atoms with E-state index < -0.39 is 5.91 Å². The molecule has 0 bridgehead atoms. The molecule has 0 saturated carbocycles. The molecule has 2 aromatic carbocycles. The van der Waals surface area contributed by atoms with Gasteiger partial charge in [-0.3, -0.25) is 9.89 Å². The zero-order chi connectivity index (χ0) is 18.5. The molecule has 0 aliphatic carbocycles. The summed E-state index contributed by atoms with van der Waals surface area (Å²) in [4.78, 5) is 12.2. The number of methoxy groups -OCH3 is 1. The van der Waals surface area contributed by atoms with Crippen molar-refractivity contribution in [3.63, 3.8) is 0 Å². The van der Waals surface area contributed by atoms with Gasteiger partial charge in [-0.2, -0.15) is 10.2 Å². The topological polar surface area (TPSA) is 79.4 Å². The fraction of sp³-hybridized carbons (Fsp3) is 0.0556. The highest BCUT2D eigenvalue weighted by atomic mass is 35.5. The number of hydrogen-bond acceptors (Lipinski definition) is 4. The molecular weight excluding hydrogens is 375 g/mol. The first-order valence-electron chi connectivity index (χ1n) is 7.55. The summed E-state index contributed by atoms with van der Waals surface area (Å²) in [5.74, 6) is 0.322. The first-order valence-corrected chi connectivity index (χ1v) is 8.30. The smallest absolute Gasteiger partial charge is 0.289 e. The van der Waals surface area contributed by atoms with Gasteiger partial charge in [0.05, 0.1) is 24.0 Å². The lowest BCUT2D eigenvalue weighted by Crippen LogP contribution is -2.17. The minimum atomic E-state index is -0.424. The van der Waals surface area contributed by atoms with E-state index >= 15 is 0 Å². The number of carbonyl (C=O) groups excluding carboxylic acids is 1. The molecule has 6 nitrogen and oxygen atoms in total. The molecule has 8 heteroatoms. The number of carbonyl (C=O) groups is 1. The first kappa shape index (κ1) is 18.0. The molecule has 0 saturated heterocycles. The highest BCUT2D eigenvalue weighted by Crippen LogP contribution is 2.29. The normalized spacial score (nSPS) is 10.9. The highest BCUT2D eigenvalue weighted by molar-refractivity contribution is 6.35. The second-order valence-corrected chi connectivity index (χ2v) is 6.11. The Morgan fingerprint density at radius 2 is 1.96 bits per heavy atom. The van der Waals surface area contributed by atoms with Crippen LogP contribution in [-0.2, 0) is 0 Å². The zero-order valence-electron chi connectivity index (χ0n) is 13.7. The van der Waals surface area contributed by atoms with Gasteiger partial charge in [0.15, 0.2) is 0 Å². The molecule has 132 valence electrons. The highest BCUT2D eigenvalue weighted by Gasteiger charge is 2.13. The summed E-state index contributed by atoms with van der Waals surface area (Å²) in [6.45, 7) is 0. The second kappa shape index (κ2) is 8.03. The predicted molar refractivity (Wildman–Crippen MR) is 102 cm³/mol. The summed E-state index contributed by atoms with van der Waals surface area (Å²) in [5, 5.41) is 11.7. The van der Waals surface area contributed by atoms with Crippen LogP contribution in [0.5, 0.6) is 5.75 Å². The minimum absolute atomic E-state index is 0.253. The van der Waals surface area contributed by atoms with Crippen molar-refractivity contribution < 1.29 is 9.53 Å². The van der Waals surface area contributed by atoms with Gasteiger partial charge in [-0.05, 0) is 54.1 Å². The van der Waals surface area contributed by atoms with Crippen molar-refractivity contribution in [1.29, 1.82) is 0 Å². The fourth-order valence-corrected chi connectivity index (χ4v) is 2.57. The number of hydrogen-bond donors (Lipinski definition) is 2. The van der Waals surface area contributed by atoms with Gasteiger partial charge in [-0.15, -0.1) is 0 Å². The molecule has 0 unspecified atom stereocenters. The van der Waals surface area contributed by atoms with Gasteiger partial charge < -0.3 is 4.74 Å². The Balaban J connectivity index is 1.68. The number of hydrazone groups is 1. The van der Waals surface area contributed by atoms with Crippen LogP contribution in [0.1, 0.15) is 16.1 Å². The zero-order valence-corrected chi connectivity index (χ0v) is 15.2. The van der Waals surface area contributed by atoms with Gasteiger partial charge >= 0.3 is 0 Å². The van der Waals surface area contributed by atoms with Gasteiger partial charge in [0, 0.05) is 10.6 Å². The molecule has 1 heterocycles. The minimum Gasteiger partial charge on any atom is -0.497 e. The molecule has 0 fully saturated rings. The van der Waals surface area contributed by atoms with Crippen LogP contribution in [0.25, 0.3) is 11.3 Å². The monoisotopic (exact) mass is 388 g/mol. The Hall–Kier alpha value is -2.83. The lowest BCUT2D eigenvalue weighted by Gasteiger charge is -2.00. The number of rotatable bonds is 5. The van der Waals surface area contributed by atoms with Crippen LogP contribution in [-0.4, -0.2) is 29.4 Å². The third-order valence-corrected chi connectivity index (χ3v) is 4.09. The molecule has 0 radical (unpaired) electrons. The average Bonchev–Trinajstić information content (AvgIpc) is 3.14. The molecule has 0 aliphatic heterocycles. The van der Waals surface area contributed by atoms with E-state index in [1.807, 2.05) is 12.1 Å². The molecule has 3 rings (SSSR count). The number of halogens is 2. The Kier molecular flexibility index (Phi) is 5.55. The molecule has 1 aromatic heterocycles. The van der Waals surface area contributed by atoms with Crippen molar-refractivity contribution in [1.82, 2.24) is 15.6 Å². The van der Waals surface area contributed by atoms with Gasteiger partial charge in [0.25, 0.3) is 5.91 Å². The number of amides is 1. The van der Waals surface area contributed by atoms with Crippen molar-refractivity contribution in [2.75, 3.05) is 7.11 Å². The maximum Gasteiger partial charge on any atom is 0.289 e. The lowest BCUT2D eigenvalue weighted by atomic mass is 10.1. The Bertz CT molecular complexity index is 952. The molecule has 0 atom stereocenters. The number of H-pyrrole nitrogens is 1. The second-order valence-electron chi connectivity index (χ2n) is 5.26. The lowest BCUT2D eigenvalue weighted by molar-refractivity contribution is 0.0950. The van der Waals surface area contributed by atoms with Crippen LogP contribution in [0, 0.1) is 0 Å². The number of aromatic amines is 1. The largest absolute Gasteiger partial charge is 0.497 e. The number of aromatic nitrogens is 2. The van der Waals surface area contributed by atoms with Crippen molar-refractivity contribution in [3.05, 3.63) is 69.8 Å². The summed E-state index contributed by atoms with van der Waals surface area (Å²) < 4.78 is 5.08. The van der Waals surface area contributed by atoms with Crippen LogP contribution in [0.4, 0.5) is 0 Å². The van der Waals surface area contributed by atoms with E-state index in [1.165, 1.54) is 6.21 Å². The molecular formula is C18H14Cl2N4O2. The van der Waals surface area contributed by atoms with Gasteiger partial charge in [0.1, 0.15) is 11.4 Å². The third-order valence-electron chi connectivity index (χ3n) is 3.52.